The van der Waals surface area contributed by atoms with E-state index in [1.54, 1.807) is 0 Å². The Kier molecular flexibility index (Phi) is 4.53. The van der Waals surface area contributed by atoms with Crippen molar-refractivity contribution in [1.82, 2.24) is 10.3 Å². The van der Waals surface area contributed by atoms with Gasteiger partial charge in [0.2, 0.25) is 0 Å². The fraction of sp³-hybridized carbons (Fsp3) is 0.312. The van der Waals surface area contributed by atoms with Crippen LogP contribution in [0.1, 0.15) is 16.8 Å². The Morgan fingerprint density at radius 3 is 2.42 bits per heavy atom. The van der Waals surface area contributed by atoms with Crippen LogP contribution in [0.2, 0.25) is 0 Å². The zero-order chi connectivity index (χ0) is 13.7. The molecule has 0 atom stereocenters. The van der Waals surface area contributed by atoms with Gasteiger partial charge in [-0.15, -0.1) is 0 Å². The fourth-order valence-electron chi connectivity index (χ4n) is 1.99. The summed E-state index contributed by atoms with van der Waals surface area (Å²) in [7, 11) is 4.03. The number of aryl methyl sites for hydroxylation is 1. The SMILES string of the molecule is CNCc1ccc(CN(C)c2ccc(C)cc2)nc1. The third-order valence-corrected chi connectivity index (χ3v) is 3.14. The van der Waals surface area contributed by atoms with Crippen molar-refractivity contribution in [3.63, 3.8) is 0 Å². The second-order valence-corrected chi connectivity index (χ2v) is 4.88. The summed E-state index contributed by atoms with van der Waals surface area (Å²) in [6.45, 7) is 3.79. The molecule has 0 aliphatic rings. The standard InChI is InChI=1S/C16H21N3/c1-13-4-8-16(9-5-13)19(3)12-15-7-6-14(10-17-2)11-18-15/h4-9,11,17H,10,12H2,1-3H3. The highest BCUT2D eigenvalue weighted by molar-refractivity contribution is 5.46. The Balaban J connectivity index is 2.01. The number of hydrogen-bond donors (Lipinski definition) is 1. The van der Waals surface area contributed by atoms with Gasteiger partial charge in [0, 0.05) is 25.5 Å². The van der Waals surface area contributed by atoms with Crippen molar-refractivity contribution in [2.45, 2.75) is 20.0 Å². The van der Waals surface area contributed by atoms with Crippen LogP contribution in [-0.2, 0) is 13.1 Å². The number of anilines is 1. The lowest BCUT2D eigenvalue weighted by Gasteiger charge is -2.19. The Morgan fingerprint density at radius 1 is 1.11 bits per heavy atom. The van der Waals surface area contributed by atoms with Crippen LogP contribution in [0.15, 0.2) is 42.6 Å². The lowest BCUT2D eigenvalue weighted by atomic mass is 10.2. The summed E-state index contributed by atoms with van der Waals surface area (Å²) < 4.78 is 0. The van der Waals surface area contributed by atoms with Gasteiger partial charge in [0.05, 0.1) is 12.2 Å². The highest BCUT2D eigenvalue weighted by Crippen LogP contribution is 2.15. The first-order valence-corrected chi connectivity index (χ1v) is 6.55. The largest absolute Gasteiger partial charge is 0.369 e. The van der Waals surface area contributed by atoms with Crippen LogP contribution >= 0.6 is 0 Å². The second kappa shape index (κ2) is 6.34. The third-order valence-electron chi connectivity index (χ3n) is 3.14. The number of benzene rings is 1. The maximum atomic E-state index is 4.50. The molecule has 0 amide bonds. The minimum Gasteiger partial charge on any atom is -0.369 e. The van der Waals surface area contributed by atoms with E-state index >= 15 is 0 Å². The molecular weight excluding hydrogens is 234 g/mol. The molecule has 0 bridgehead atoms. The van der Waals surface area contributed by atoms with Crippen molar-refractivity contribution in [3.05, 3.63) is 59.4 Å². The normalized spacial score (nSPS) is 10.5. The van der Waals surface area contributed by atoms with Gasteiger partial charge in [0.25, 0.3) is 0 Å². The number of hydrogen-bond acceptors (Lipinski definition) is 3. The fourth-order valence-corrected chi connectivity index (χ4v) is 1.99. The number of nitrogens with one attached hydrogen (secondary N) is 1. The number of rotatable bonds is 5. The van der Waals surface area contributed by atoms with Gasteiger partial charge in [-0.25, -0.2) is 0 Å². The Hall–Kier alpha value is -1.87. The first-order valence-electron chi connectivity index (χ1n) is 6.55. The first-order chi connectivity index (χ1) is 9.19. The van der Waals surface area contributed by atoms with Crippen molar-refractivity contribution < 1.29 is 0 Å². The van der Waals surface area contributed by atoms with Crippen LogP contribution in [0, 0.1) is 6.92 Å². The third kappa shape index (κ3) is 3.80. The number of pyridine rings is 1. The molecule has 19 heavy (non-hydrogen) atoms. The summed E-state index contributed by atoms with van der Waals surface area (Å²) in [6.07, 6.45) is 1.94. The molecule has 0 fully saturated rings. The van der Waals surface area contributed by atoms with Crippen molar-refractivity contribution >= 4 is 5.69 Å². The Bertz CT molecular complexity index is 503. The molecule has 3 heteroatoms. The van der Waals surface area contributed by atoms with Crippen LogP contribution in [0.5, 0.6) is 0 Å². The van der Waals surface area contributed by atoms with Crippen molar-refractivity contribution in [3.8, 4) is 0 Å². The molecule has 0 saturated heterocycles. The molecule has 2 rings (SSSR count). The minimum absolute atomic E-state index is 0.822. The summed E-state index contributed by atoms with van der Waals surface area (Å²) in [6, 6.07) is 12.8. The molecule has 0 spiro atoms. The Labute approximate surface area is 115 Å². The molecule has 1 heterocycles. The minimum atomic E-state index is 0.822. The van der Waals surface area contributed by atoms with E-state index in [-0.39, 0.29) is 0 Å². The summed E-state index contributed by atoms with van der Waals surface area (Å²) in [4.78, 5) is 6.71. The van der Waals surface area contributed by atoms with Gasteiger partial charge in [-0.05, 0) is 37.7 Å². The van der Waals surface area contributed by atoms with Crippen LogP contribution in [-0.4, -0.2) is 19.1 Å². The van der Waals surface area contributed by atoms with Crippen molar-refractivity contribution in [2.24, 2.45) is 0 Å². The molecular formula is C16H21N3. The predicted octanol–water partition coefficient (Wildman–Crippen LogP) is 2.75. The van der Waals surface area contributed by atoms with E-state index in [2.05, 4.69) is 65.6 Å². The van der Waals surface area contributed by atoms with Crippen LogP contribution < -0.4 is 10.2 Å². The van der Waals surface area contributed by atoms with Gasteiger partial charge in [-0.3, -0.25) is 4.98 Å². The molecule has 0 radical (unpaired) electrons. The molecule has 1 aromatic heterocycles. The van der Waals surface area contributed by atoms with Gasteiger partial charge in [-0.2, -0.15) is 0 Å². The average Bonchev–Trinajstić information content (AvgIpc) is 2.42. The van der Waals surface area contributed by atoms with Gasteiger partial charge >= 0.3 is 0 Å². The molecule has 0 unspecified atom stereocenters. The smallest absolute Gasteiger partial charge is 0.0598 e. The van der Waals surface area contributed by atoms with Crippen LogP contribution in [0.25, 0.3) is 0 Å². The highest BCUT2D eigenvalue weighted by Gasteiger charge is 2.03. The van der Waals surface area contributed by atoms with Gasteiger partial charge < -0.3 is 10.2 Å². The average molecular weight is 255 g/mol. The van der Waals surface area contributed by atoms with Crippen molar-refractivity contribution in [1.29, 1.82) is 0 Å². The van der Waals surface area contributed by atoms with Gasteiger partial charge in [0.1, 0.15) is 0 Å². The topological polar surface area (TPSA) is 28.2 Å². The summed E-state index contributed by atoms with van der Waals surface area (Å²) in [5, 5.41) is 3.12. The van der Waals surface area contributed by atoms with Gasteiger partial charge in [0.15, 0.2) is 0 Å². The Morgan fingerprint density at radius 2 is 1.84 bits per heavy atom. The predicted molar refractivity (Wildman–Crippen MR) is 80.3 cm³/mol. The summed E-state index contributed by atoms with van der Waals surface area (Å²) in [5.74, 6) is 0. The quantitative estimate of drug-likeness (QED) is 0.890. The molecule has 0 saturated carbocycles. The maximum Gasteiger partial charge on any atom is 0.0598 e. The van der Waals surface area contributed by atoms with E-state index in [1.165, 1.54) is 16.8 Å². The van der Waals surface area contributed by atoms with E-state index in [0.29, 0.717) is 0 Å². The van der Waals surface area contributed by atoms with E-state index in [0.717, 1.165) is 18.8 Å². The molecule has 3 nitrogen and oxygen atoms in total. The monoisotopic (exact) mass is 255 g/mol. The van der Waals surface area contributed by atoms with E-state index < -0.39 is 0 Å². The molecule has 2 aromatic rings. The van der Waals surface area contributed by atoms with Gasteiger partial charge in [-0.1, -0.05) is 23.8 Å². The first kappa shape index (κ1) is 13.6. The molecule has 0 aliphatic heterocycles. The zero-order valence-corrected chi connectivity index (χ0v) is 11.9. The second-order valence-electron chi connectivity index (χ2n) is 4.88. The number of nitrogens with zero attached hydrogens (tertiary/aromatic N) is 2. The van der Waals surface area contributed by atoms with Crippen LogP contribution in [0.3, 0.4) is 0 Å². The number of aromatic nitrogens is 1. The summed E-state index contributed by atoms with van der Waals surface area (Å²) in [5.41, 5.74) is 4.80. The highest BCUT2D eigenvalue weighted by atomic mass is 15.1. The molecule has 1 aromatic carbocycles. The molecule has 0 aliphatic carbocycles. The maximum absolute atomic E-state index is 4.50. The zero-order valence-electron chi connectivity index (χ0n) is 11.9. The van der Waals surface area contributed by atoms with Crippen LogP contribution in [0.4, 0.5) is 5.69 Å². The summed E-state index contributed by atoms with van der Waals surface area (Å²) >= 11 is 0. The molecule has 1 N–H and O–H groups in total. The molecule has 100 valence electrons. The lowest BCUT2D eigenvalue weighted by Crippen LogP contribution is -2.17. The van der Waals surface area contributed by atoms with E-state index in [4.69, 9.17) is 0 Å². The lowest BCUT2D eigenvalue weighted by molar-refractivity contribution is 0.806. The van der Waals surface area contributed by atoms with E-state index in [9.17, 15) is 0 Å². The van der Waals surface area contributed by atoms with E-state index in [1.807, 2.05) is 13.2 Å². The van der Waals surface area contributed by atoms with Crippen molar-refractivity contribution in [2.75, 3.05) is 19.0 Å².